The van der Waals surface area contributed by atoms with Gasteiger partial charge in [0.15, 0.2) is 0 Å². The molecule has 4 heteroatoms. The Balaban J connectivity index is 2.21. The Labute approximate surface area is 124 Å². The quantitative estimate of drug-likeness (QED) is 0.650. The molecule has 0 radical (unpaired) electrons. The Bertz CT molecular complexity index is 611. The van der Waals surface area contributed by atoms with Gasteiger partial charge in [-0.3, -0.25) is 0 Å². The number of hydrogen-bond acceptors (Lipinski definition) is 4. The van der Waals surface area contributed by atoms with Crippen LogP contribution in [0, 0.1) is 0 Å². The summed E-state index contributed by atoms with van der Waals surface area (Å²) in [6.45, 7) is 4.15. The van der Waals surface area contributed by atoms with Crippen LogP contribution in [0.2, 0.25) is 0 Å². The van der Waals surface area contributed by atoms with E-state index in [9.17, 15) is 4.79 Å². The van der Waals surface area contributed by atoms with Crippen LogP contribution in [0.5, 0.6) is 0 Å². The third-order valence-electron chi connectivity index (χ3n) is 3.27. The maximum Gasteiger partial charge on any atom is 0.340 e. The molecule has 1 unspecified atom stereocenters. The molecule has 0 amide bonds. The molecule has 0 aliphatic heterocycles. The summed E-state index contributed by atoms with van der Waals surface area (Å²) in [6.07, 6.45) is 0. The van der Waals surface area contributed by atoms with Gasteiger partial charge in [0.2, 0.25) is 0 Å². The SMILES string of the molecule is CCOC(=O)c1cccc(NC(C)c2ccccc2)c1N. The number of anilines is 2. The van der Waals surface area contributed by atoms with E-state index in [4.69, 9.17) is 10.5 Å². The number of ether oxygens (including phenoxy) is 1. The second kappa shape index (κ2) is 6.79. The van der Waals surface area contributed by atoms with Gasteiger partial charge in [-0.05, 0) is 31.5 Å². The minimum absolute atomic E-state index is 0.0888. The van der Waals surface area contributed by atoms with E-state index in [0.717, 1.165) is 11.3 Å². The van der Waals surface area contributed by atoms with Crippen molar-refractivity contribution < 1.29 is 9.53 Å². The first-order valence-electron chi connectivity index (χ1n) is 7.00. The smallest absolute Gasteiger partial charge is 0.340 e. The second-order valence-electron chi connectivity index (χ2n) is 4.76. The zero-order valence-electron chi connectivity index (χ0n) is 12.3. The van der Waals surface area contributed by atoms with Gasteiger partial charge in [-0.15, -0.1) is 0 Å². The fourth-order valence-corrected chi connectivity index (χ4v) is 2.14. The molecule has 4 nitrogen and oxygen atoms in total. The third kappa shape index (κ3) is 3.54. The molecule has 1 atom stereocenters. The van der Waals surface area contributed by atoms with E-state index >= 15 is 0 Å². The van der Waals surface area contributed by atoms with Crippen molar-refractivity contribution in [1.82, 2.24) is 0 Å². The number of nitrogens with two attached hydrogens (primary N) is 1. The van der Waals surface area contributed by atoms with E-state index in [1.165, 1.54) is 0 Å². The highest BCUT2D eigenvalue weighted by molar-refractivity contribution is 5.98. The Hall–Kier alpha value is -2.49. The zero-order valence-corrected chi connectivity index (χ0v) is 12.3. The zero-order chi connectivity index (χ0) is 15.2. The normalized spacial score (nSPS) is 11.7. The molecule has 0 bridgehead atoms. The molecular weight excluding hydrogens is 264 g/mol. The van der Waals surface area contributed by atoms with Crippen LogP contribution >= 0.6 is 0 Å². The van der Waals surface area contributed by atoms with E-state index in [1.54, 1.807) is 19.1 Å². The molecule has 0 saturated carbocycles. The maximum atomic E-state index is 11.8. The van der Waals surface area contributed by atoms with Gasteiger partial charge in [0.25, 0.3) is 0 Å². The summed E-state index contributed by atoms with van der Waals surface area (Å²) in [7, 11) is 0. The van der Waals surface area contributed by atoms with Gasteiger partial charge in [0, 0.05) is 6.04 Å². The fraction of sp³-hybridized carbons (Fsp3) is 0.235. The molecule has 0 aliphatic carbocycles. The number of nitrogens with one attached hydrogen (secondary N) is 1. The van der Waals surface area contributed by atoms with Crippen molar-refractivity contribution >= 4 is 17.3 Å². The molecule has 2 rings (SSSR count). The largest absolute Gasteiger partial charge is 0.462 e. The molecule has 0 aromatic heterocycles. The van der Waals surface area contributed by atoms with E-state index in [1.807, 2.05) is 43.3 Å². The molecule has 0 spiro atoms. The second-order valence-corrected chi connectivity index (χ2v) is 4.76. The summed E-state index contributed by atoms with van der Waals surface area (Å²) < 4.78 is 5.01. The summed E-state index contributed by atoms with van der Waals surface area (Å²) in [6, 6.07) is 15.5. The molecular formula is C17H20N2O2. The average Bonchev–Trinajstić information content (AvgIpc) is 2.50. The highest BCUT2D eigenvalue weighted by Gasteiger charge is 2.14. The van der Waals surface area contributed by atoms with Crippen molar-refractivity contribution in [3.05, 3.63) is 59.7 Å². The average molecular weight is 284 g/mol. The summed E-state index contributed by atoms with van der Waals surface area (Å²) >= 11 is 0. The summed E-state index contributed by atoms with van der Waals surface area (Å²) in [4.78, 5) is 11.8. The van der Waals surface area contributed by atoms with Gasteiger partial charge >= 0.3 is 5.97 Å². The molecule has 2 aromatic carbocycles. The number of hydrogen-bond donors (Lipinski definition) is 2. The Morgan fingerprint density at radius 3 is 2.57 bits per heavy atom. The first kappa shape index (κ1) is 14.9. The lowest BCUT2D eigenvalue weighted by atomic mass is 10.1. The van der Waals surface area contributed by atoms with E-state index in [2.05, 4.69) is 5.32 Å². The van der Waals surface area contributed by atoms with E-state index in [0.29, 0.717) is 17.9 Å². The fourth-order valence-electron chi connectivity index (χ4n) is 2.14. The highest BCUT2D eigenvalue weighted by atomic mass is 16.5. The van der Waals surface area contributed by atoms with Crippen LogP contribution in [0.15, 0.2) is 48.5 Å². The third-order valence-corrected chi connectivity index (χ3v) is 3.27. The monoisotopic (exact) mass is 284 g/mol. The molecule has 110 valence electrons. The summed E-state index contributed by atoms with van der Waals surface area (Å²) in [5.74, 6) is -0.397. The number of rotatable bonds is 5. The van der Waals surface area contributed by atoms with Crippen LogP contribution in [0.3, 0.4) is 0 Å². The Morgan fingerprint density at radius 2 is 1.90 bits per heavy atom. The Kier molecular flexibility index (Phi) is 4.82. The highest BCUT2D eigenvalue weighted by Crippen LogP contribution is 2.27. The van der Waals surface area contributed by atoms with E-state index < -0.39 is 5.97 Å². The van der Waals surface area contributed by atoms with Gasteiger partial charge in [-0.1, -0.05) is 36.4 Å². The van der Waals surface area contributed by atoms with Crippen molar-refractivity contribution in [1.29, 1.82) is 0 Å². The first-order valence-corrected chi connectivity index (χ1v) is 7.00. The summed E-state index contributed by atoms with van der Waals surface area (Å²) in [5, 5.41) is 3.33. The molecule has 0 saturated heterocycles. The molecule has 0 heterocycles. The molecule has 0 aliphatic rings. The lowest BCUT2D eigenvalue weighted by Gasteiger charge is -2.18. The van der Waals surface area contributed by atoms with Gasteiger partial charge < -0.3 is 15.8 Å². The maximum absolute atomic E-state index is 11.8. The number of esters is 1. The van der Waals surface area contributed by atoms with Crippen molar-refractivity contribution in [3.63, 3.8) is 0 Å². The van der Waals surface area contributed by atoms with Crippen LogP contribution in [-0.2, 0) is 4.74 Å². The lowest BCUT2D eigenvalue weighted by Crippen LogP contribution is -2.12. The van der Waals surface area contributed by atoms with Crippen molar-refractivity contribution in [2.45, 2.75) is 19.9 Å². The standard InChI is InChI=1S/C17H20N2O2/c1-3-21-17(20)14-10-7-11-15(16(14)18)19-12(2)13-8-5-4-6-9-13/h4-12,19H,3,18H2,1-2H3. The van der Waals surface area contributed by atoms with Crippen molar-refractivity contribution in [2.75, 3.05) is 17.7 Å². The molecule has 21 heavy (non-hydrogen) atoms. The lowest BCUT2D eigenvalue weighted by molar-refractivity contribution is 0.0527. The number of carbonyl (C=O) groups is 1. The minimum Gasteiger partial charge on any atom is -0.462 e. The van der Waals surface area contributed by atoms with Crippen LogP contribution in [0.25, 0.3) is 0 Å². The van der Waals surface area contributed by atoms with Gasteiger partial charge in [-0.25, -0.2) is 4.79 Å². The first-order chi connectivity index (χ1) is 10.1. The molecule has 3 N–H and O–H groups in total. The molecule has 0 fully saturated rings. The number of carbonyl (C=O) groups excluding carboxylic acids is 1. The molecule has 2 aromatic rings. The summed E-state index contributed by atoms with van der Waals surface area (Å²) in [5.41, 5.74) is 8.77. The Morgan fingerprint density at radius 1 is 1.19 bits per heavy atom. The number of para-hydroxylation sites is 1. The van der Waals surface area contributed by atoms with Gasteiger partial charge in [-0.2, -0.15) is 0 Å². The predicted molar refractivity (Wildman–Crippen MR) is 85.3 cm³/mol. The van der Waals surface area contributed by atoms with Crippen LogP contribution < -0.4 is 11.1 Å². The van der Waals surface area contributed by atoms with Crippen molar-refractivity contribution in [2.24, 2.45) is 0 Å². The minimum atomic E-state index is -0.397. The van der Waals surface area contributed by atoms with Crippen LogP contribution in [0.4, 0.5) is 11.4 Å². The number of nitrogen functional groups attached to an aromatic ring is 1. The number of benzene rings is 2. The van der Waals surface area contributed by atoms with Crippen LogP contribution in [-0.4, -0.2) is 12.6 Å². The van der Waals surface area contributed by atoms with Gasteiger partial charge in [0.1, 0.15) is 0 Å². The topological polar surface area (TPSA) is 64.3 Å². The van der Waals surface area contributed by atoms with Crippen LogP contribution in [0.1, 0.15) is 35.8 Å². The van der Waals surface area contributed by atoms with E-state index in [-0.39, 0.29) is 6.04 Å². The van der Waals surface area contributed by atoms with Gasteiger partial charge in [0.05, 0.1) is 23.5 Å². The van der Waals surface area contributed by atoms with Crippen molar-refractivity contribution in [3.8, 4) is 0 Å². The predicted octanol–water partition coefficient (Wildman–Crippen LogP) is 3.62.